The summed E-state index contributed by atoms with van der Waals surface area (Å²) in [6.07, 6.45) is 0.251. The lowest BCUT2D eigenvalue weighted by molar-refractivity contribution is -0.121. The van der Waals surface area contributed by atoms with Crippen molar-refractivity contribution < 1.29 is 27.5 Å². The van der Waals surface area contributed by atoms with Crippen molar-refractivity contribution in [2.75, 3.05) is 38.7 Å². The number of methoxy groups -OCH3 is 1. The molecule has 0 unspecified atom stereocenters. The van der Waals surface area contributed by atoms with E-state index in [1.165, 1.54) is 11.4 Å². The number of benzene rings is 2. The first kappa shape index (κ1) is 23.7. The molecule has 32 heavy (non-hydrogen) atoms. The summed E-state index contributed by atoms with van der Waals surface area (Å²) in [5.41, 5.74) is 2.39. The van der Waals surface area contributed by atoms with Gasteiger partial charge in [-0.05, 0) is 41.8 Å². The minimum Gasteiger partial charge on any atom is -0.453 e. The lowest BCUT2D eigenvalue weighted by Gasteiger charge is -2.26. The average Bonchev–Trinajstić information content (AvgIpc) is 2.83. The predicted octanol–water partition coefficient (Wildman–Crippen LogP) is 2.13. The first-order valence-electron chi connectivity index (χ1n) is 10.3. The Kier molecular flexibility index (Phi) is 8.20. The van der Waals surface area contributed by atoms with Gasteiger partial charge in [0.25, 0.3) is 0 Å². The highest BCUT2D eigenvalue weighted by Crippen LogP contribution is 2.18. The minimum absolute atomic E-state index is 0.105. The number of hydrogen-bond donors (Lipinski definition) is 2. The van der Waals surface area contributed by atoms with E-state index >= 15 is 0 Å². The second-order valence-corrected chi connectivity index (χ2v) is 9.19. The molecule has 2 amide bonds. The summed E-state index contributed by atoms with van der Waals surface area (Å²) in [5, 5.41) is 5.41. The van der Waals surface area contributed by atoms with Crippen molar-refractivity contribution in [3.05, 3.63) is 59.7 Å². The zero-order valence-electron chi connectivity index (χ0n) is 17.9. The van der Waals surface area contributed by atoms with Gasteiger partial charge in [0, 0.05) is 31.7 Å². The molecule has 1 aliphatic heterocycles. The molecule has 1 saturated heterocycles. The van der Waals surface area contributed by atoms with Crippen LogP contribution in [0.15, 0.2) is 53.4 Å². The molecule has 0 saturated carbocycles. The molecule has 0 radical (unpaired) electrons. The second-order valence-electron chi connectivity index (χ2n) is 7.25. The van der Waals surface area contributed by atoms with Crippen LogP contribution in [0.25, 0.3) is 0 Å². The van der Waals surface area contributed by atoms with Crippen molar-refractivity contribution in [2.45, 2.75) is 24.3 Å². The van der Waals surface area contributed by atoms with Gasteiger partial charge in [0.2, 0.25) is 15.9 Å². The standard InChI is InChI=1S/C22H27N3O6S/c1-30-22(27)24-19-7-2-18(3-8-19)16-23-21(26)11-6-17-4-9-20(10-5-17)32(28,29)25-12-14-31-15-13-25/h2-5,7-10H,6,11-16H2,1H3,(H,23,26)(H,24,27). The summed E-state index contributed by atoms with van der Waals surface area (Å²) in [7, 11) is -2.22. The molecular weight excluding hydrogens is 434 g/mol. The molecular formula is C22H27N3O6S. The monoisotopic (exact) mass is 461 g/mol. The summed E-state index contributed by atoms with van der Waals surface area (Å²) in [6.45, 7) is 1.89. The minimum atomic E-state index is -3.52. The van der Waals surface area contributed by atoms with Crippen molar-refractivity contribution in [2.24, 2.45) is 0 Å². The number of hydrogen-bond acceptors (Lipinski definition) is 6. The summed E-state index contributed by atoms with van der Waals surface area (Å²) < 4.78 is 36.5. The van der Waals surface area contributed by atoms with Gasteiger partial charge >= 0.3 is 6.09 Å². The molecule has 10 heteroatoms. The third kappa shape index (κ3) is 6.52. The Hall–Kier alpha value is -2.95. The highest BCUT2D eigenvalue weighted by molar-refractivity contribution is 7.89. The van der Waals surface area contributed by atoms with Crippen LogP contribution >= 0.6 is 0 Å². The number of amides is 2. The Labute approximate surface area is 187 Å². The number of nitrogens with zero attached hydrogens (tertiary/aromatic N) is 1. The summed E-state index contributed by atoms with van der Waals surface area (Å²) in [6, 6.07) is 13.7. The number of carbonyl (C=O) groups is 2. The van der Waals surface area contributed by atoms with Gasteiger partial charge in [-0.1, -0.05) is 24.3 Å². The number of sulfonamides is 1. The number of nitrogens with one attached hydrogen (secondary N) is 2. The Morgan fingerprint density at radius 2 is 1.62 bits per heavy atom. The Morgan fingerprint density at radius 1 is 1.00 bits per heavy atom. The van der Waals surface area contributed by atoms with E-state index in [0.29, 0.717) is 45.0 Å². The SMILES string of the molecule is COC(=O)Nc1ccc(CNC(=O)CCc2ccc(S(=O)(=O)N3CCOCC3)cc2)cc1. The number of anilines is 1. The first-order chi connectivity index (χ1) is 15.4. The molecule has 9 nitrogen and oxygen atoms in total. The van der Waals surface area contributed by atoms with Gasteiger partial charge in [-0.25, -0.2) is 13.2 Å². The fraction of sp³-hybridized carbons (Fsp3) is 0.364. The Balaban J connectivity index is 1.45. The maximum absolute atomic E-state index is 12.7. The van der Waals surface area contributed by atoms with Crippen LogP contribution in [-0.2, 0) is 37.3 Å². The molecule has 1 aliphatic rings. The van der Waals surface area contributed by atoms with Crippen LogP contribution in [0.5, 0.6) is 0 Å². The quantitative estimate of drug-likeness (QED) is 0.623. The van der Waals surface area contributed by atoms with Crippen LogP contribution in [0.3, 0.4) is 0 Å². The van der Waals surface area contributed by atoms with Crippen LogP contribution < -0.4 is 10.6 Å². The van der Waals surface area contributed by atoms with Crippen LogP contribution in [0.4, 0.5) is 10.5 Å². The van der Waals surface area contributed by atoms with Gasteiger partial charge in [-0.3, -0.25) is 10.1 Å². The van der Waals surface area contributed by atoms with Crippen LogP contribution in [0, 0.1) is 0 Å². The topological polar surface area (TPSA) is 114 Å². The molecule has 0 aliphatic carbocycles. The van der Waals surface area contributed by atoms with E-state index in [-0.39, 0.29) is 17.2 Å². The molecule has 1 heterocycles. The molecule has 3 rings (SSSR count). The lowest BCUT2D eigenvalue weighted by Crippen LogP contribution is -2.40. The summed E-state index contributed by atoms with van der Waals surface area (Å²) in [5.74, 6) is -0.105. The molecule has 2 aromatic rings. The van der Waals surface area contributed by atoms with E-state index < -0.39 is 16.1 Å². The second kappa shape index (κ2) is 11.1. The fourth-order valence-electron chi connectivity index (χ4n) is 3.19. The average molecular weight is 462 g/mol. The van der Waals surface area contributed by atoms with Gasteiger partial charge in [0.1, 0.15) is 0 Å². The van der Waals surface area contributed by atoms with Crippen LogP contribution in [0.2, 0.25) is 0 Å². The highest BCUT2D eigenvalue weighted by Gasteiger charge is 2.26. The van der Waals surface area contributed by atoms with E-state index in [0.717, 1.165) is 11.1 Å². The number of ether oxygens (including phenoxy) is 2. The maximum Gasteiger partial charge on any atom is 0.411 e. The fourth-order valence-corrected chi connectivity index (χ4v) is 4.59. The van der Waals surface area contributed by atoms with E-state index in [1.54, 1.807) is 48.5 Å². The van der Waals surface area contributed by atoms with E-state index in [1.807, 2.05) is 0 Å². The number of carbonyl (C=O) groups excluding carboxylic acids is 2. The van der Waals surface area contributed by atoms with Crippen LogP contribution in [-0.4, -0.2) is 58.1 Å². The van der Waals surface area contributed by atoms with Crippen molar-refractivity contribution >= 4 is 27.7 Å². The van der Waals surface area contributed by atoms with Gasteiger partial charge < -0.3 is 14.8 Å². The molecule has 0 atom stereocenters. The molecule has 1 fully saturated rings. The van der Waals surface area contributed by atoms with Gasteiger partial charge in [0.05, 0.1) is 25.2 Å². The maximum atomic E-state index is 12.7. The Morgan fingerprint density at radius 3 is 2.25 bits per heavy atom. The number of aryl methyl sites for hydroxylation is 1. The molecule has 0 spiro atoms. The summed E-state index contributed by atoms with van der Waals surface area (Å²) >= 11 is 0. The number of morpholine rings is 1. The smallest absolute Gasteiger partial charge is 0.411 e. The van der Waals surface area contributed by atoms with Gasteiger partial charge in [-0.2, -0.15) is 4.31 Å². The van der Waals surface area contributed by atoms with Crippen LogP contribution in [0.1, 0.15) is 17.5 Å². The third-order valence-electron chi connectivity index (χ3n) is 5.05. The van der Waals surface area contributed by atoms with E-state index in [9.17, 15) is 18.0 Å². The zero-order valence-corrected chi connectivity index (χ0v) is 18.7. The van der Waals surface area contributed by atoms with Crippen molar-refractivity contribution in [3.63, 3.8) is 0 Å². The molecule has 172 valence electrons. The normalized spacial score (nSPS) is 14.5. The summed E-state index contributed by atoms with van der Waals surface area (Å²) in [4.78, 5) is 23.6. The molecule has 2 N–H and O–H groups in total. The first-order valence-corrected chi connectivity index (χ1v) is 11.7. The third-order valence-corrected chi connectivity index (χ3v) is 6.96. The number of rotatable bonds is 8. The predicted molar refractivity (Wildman–Crippen MR) is 119 cm³/mol. The molecule has 0 aromatic heterocycles. The Bertz CT molecular complexity index is 1020. The highest BCUT2D eigenvalue weighted by atomic mass is 32.2. The van der Waals surface area contributed by atoms with Gasteiger partial charge in [0.15, 0.2) is 0 Å². The van der Waals surface area contributed by atoms with Gasteiger partial charge in [-0.15, -0.1) is 0 Å². The van der Waals surface area contributed by atoms with E-state index in [4.69, 9.17) is 4.74 Å². The lowest BCUT2D eigenvalue weighted by atomic mass is 10.1. The van der Waals surface area contributed by atoms with Crippen molar-refractivity contribution in [1.82, 2.24) is 9.62 Å². The zero-order chi connectivity index (χ0) is 23.0. The molecule has 2 aromatic carbocycles. The van der Waals surface area contributed by atoms with Crippen molar-refractivity contribution in [3.8, 4) is 0 Å². The largest absolute Gasteiger partial charge is 0.453 e. The van der Waals surface area contributed by atoms with Crippen molar-refractivity contribution in [1.29, 1.82) is 0 Å². The molecule has 0 bridgehead atoms. The van der Waals surface area contributed by atoms with E-state index in [2.05, 4.69) is 15.4 Å².